The highest BCUT2D eigenvalue weighted by molar-refractivity contribution is 8.01. The molecule has 0 aromatic heterocycles. The molecule has 0 aromatic carbocycles. The van der Waals surface area contributed by atoms with Gasteiger partial charge in [-0.1, -0.05) is 6.42 Å². The maximum Gasteiger partial charge on any atom is 0.327 e. The highest BCUT2D eigenvalue weighted by Gasteiger charge is 2.67. The molecular weight excluding hydrogens is 216 g/mol. The Bertz CT molecular complexity index is 355. The Balaban J connectivity index is 1.95. The largest absolute Gasteiger partial charge is 0.480 e. The summed E-state index contributed by atoms with van der Waals surface area (Å²) in [5, 5.41) is 9.09. The number of carbonyl (C=O) groups is 2. The first-order valence-corrected chi connectivity index (χ1v) is 5.93. The summed E-state index contributed by atoms with van der Waals surface area (Å²) in [4.78, 5) is 24.2. The maximum atomic E-state index is 11.5. The van der Waals surface area contributed by atoms with Crippen molar-refractivity contribution >= 4 is 23.6 Å². The SMILES string of the molecule is NC1C(=O)N2C(C(=O)O)C3(CCC3)S[C@H]12. The number of hydrogen-bond donors (Lipinski definition) is 2. The summed E-state index contributed by atoms with van der Waals surface area (Å²) in [5.41, 5.74) is 5.66. The number of β-lactam (4-membered cyclic amide) rings is 1. The smallest absolute Gasteiger partial charge is 0.327 e. The zero-order chi connectivity index (χ0) is 10.8. The van der Waals surface area contributed by atoms with E-state index in [4.69, 9.17) is 5.73 Å². The Hall–Kier alpha value is -0.750. The van der Waals surface area contributed by atoms with Crippen molar-refractivity contribution in [3.8, 4) is 0 Å². The number of amides is 1. The molecule has 3 aliphatic rings. The monoisotopic (exact) mass is 228 g/mol. The van der Waals surface area contributed by atoms with Gasteiger partial charge in [0.25, 0.3) is 0 Å². The van der Waals surface area contributed by atoms with Gasteiger partial charge in [0.1, 0.15) is 17.5 Å². The summed E-state index contributed by atoms with van der Waals surface area (Å²) in [7, 11) is 0. The second-order valence-corrected chi connectivity index (χ2v) is 5.97. The molecule has 3 rings (SSSR count). The molecule has 2 heterocycles. The molecule has 3 atom stereocenters. The number of rotatable bonds is 1. The number of thioether (sulfide) groups is 1. The second kappa shape index (κ2) is 2.68. The molecule has 1 spiro atoms. The molecule has 2 saturated heterocycles. The molecule has 0 radical (unpaired) electrons. The molecule has 3 N–H and O–H groups in total. The van der Waals surface area contributed by atoms with E-state index < -0.39 is 18.1 Å². The Labute approximate surface area is 91.0 Å². The van der Waals surface area contributed by atoms with E-state index in [2.05, 4.69) is 0 Å². The van der Waals surface area contributed by atoms with E-state index in [-0.39, 0.29) is 16.0 Å². The number of nitrogens with two attached hydrogens (primary N) is 1. The summed E-state index contributed by atoms with van der Waals surface area (Å²) in [6, 6.07) is -1.13. The molecular formula is C9H12N2O3S. The van der Waals surface area contributed by atoms with E-state index >= 15 is 0 Å². The lowest BCUT2D eigenvalue weighted by atomic mass is 9.77. The molecule has 1 saturated carbocycles. The quantitative estimate of drug-likeness (QED) is 0.597. The van der Waals surface area contributed by atoms with E-state index in [9.17, 15) is 14.7 Å². The second-order valence-electron chi connectivity index (χ2n) is 4.44. The van der Waals surface area contributed by atoms with Crippen LogP contribution in [0.15, 0.2) is 0 Å². The number of hydrogen-bond acceptors (Lipinski definition) is 4. The lowest BCUT2D eigenvalue weighted by Crippen LogP contribution is -2.69. The van der Waals surface area contributed by atoms with Gasteiger partial charge in [0.2, 0.25) is 5.91 Å². The van der Waals surface area contributed by atoms with Gasteiger partial charge in [-0.3, -0.25) is 4.79 Å². The zero-order valence-corrected chi connectivity index (χ0v) is 8.87. The number of fused-ring (bicyclic) bond motifs is 1. The minimum atomic E-state index is -0.884. The van der Waals surface area contributed by atoms with E-state index in [1.54, 1.807) is 11.8 Å². The van der Waals surface area contributed by atoms with Crippen molar-refractivity contribution in [3.05, 3.63) is 0 Å². The van der Waals surface area contributed by atoms with Gasteiger partial charge in [-0.05, 0) is 12.8 Å². The van der Waals surface area contributed by atoms with Crippen LogP contribution in [0.5, 0.6) is 0 Å². The van der Waals surface area contributed by atoms with Crippen LogP contribution < -0.4 is 5.73 Å². The first kappa shape index (κ1) is 9.47. The third kappa shape index (κ3) is 0.939. The van der Waals surface area contributed by atoms with Crippen LogP contribution in [0.2, 0.25) is 0 Å². The first-order valence-electron chi connectivity index (χ1n) is 5.05. The third-order valence-corrected chi connectivity index (χ3v) is 5.55. The Kier molecular flexibility index (Phi) is 1.69. The van der Waals surface area contributed by atoms with Gasteiger partial charge in [0, 0.05) is 4.75 Å². The van der Waals surface area contributed by atoms with E-state index in [0.717, 1.165) is 19.3 Å². The normalized spacial score (nSPS) is 41.0. The third-order valence-electron chi connectivity index (χ3n) is 3.69. The van der Waals surface area contributed by atoms with Crippen molar-refractivity contribution in [2.75, 3.05) is 0 Å². The van der Waals surface area contributed by atoms with Gasteiger partial charge in [-0.15, -0.1) is 11.8 Å². The number of nitrogens with zero attached hydrogens (tertiary/aromatic N) is 1. The van der Waals surface area contributed by atoms with Crippen molar-refractivity contribution in [2.24, 2.45) is 5.73 Å². The zero-order valence-electron chi connectivity index (χ0n) is 8.05. The van der Waals surface area contributed by atoms with Crippen LogP contribution >= 0.6 is 11.8 Å². The minimum Gasteiger partial charge on any atom is -0.480 e. The molecule has 2 aliphatic heterocycles. The van der Waals surface area contributed by atoms with Gasteiger partial charge in [0.05, 0.1) is 0 Å². The van der Waals surface area contributed by atoms with Crippen molar-refractivity contribution in [1.29, 1.82) is 0 Å². The van der Waals surface area contributed by atoms with Crippen LogP contribution in [0.1, 0.15) is 19.3 Å². The van der Waals surface area contributed by atoms with Gasteiger partial charge in [0.15, 0.2) is 0 Å². The Morgan fingerprint density at radius 1 is 1.60 bits per heavy atom. The van der Waals surface area contributed by atoms with Gasteiger partial charge >= 0.3 is 5.97 Å². The van der Waals surface area contributed by atoms with Gasteiger partial charge in [-0.25, -0.2) is 4.79 Å². The fraction of sp³-hybridized carbons (Fsp3) is 0.778. The fourth-order valence-corrected chi connectivity index (χ4v) is 4.68. The average Bonchev–Trinajstić information content (AvgIpc) is 2.48. The molecule has 5 nitrogen and oxygen atoms in total. The van der Waals surface area contributed by atoms with E-state index in [0.29, 0.717) is 0 Å². The predicted molar refractivity (Wildman–Crippen MR) is 54.2 cm³/mol. The van der Waals surface area contributed by atoms with Gasteiger partial charge < -0.3 is 15.7 Å². The maximum absolute atomic E-state index is 11.5. The molecule has 15 heavy (non-hydrogen) atoms. The number of carbonyl (C=O) groups excluding carboxylic acids is 1. The standard InChI is InChI=1S/C9H12N2O3S/c10-4-6(12)11-5(8(13)14)9(2-1-3-9)15-7(4)11/h4-5,7H,1-3,10H2,(H,13,14)/t4?,5?,7-/m1/s1. The van der Waals surface area contributed by atoms with Crippen LogP contribution in [-0.2, 0) is 9.59 Å². The summed E-state index contributed by atoms with van der Waals surface area (Å²) in [6.07, 6.45) is 2.84. The molecule has 82 valence electrons. The van der Waals surface area contributed by atoms with Crippen LogP contribution in [0, 0.1) is 0 Å². The summed E-state index contributed by atoms with van der Waals surface area (Å²) < 4.78 is -0.236. The number of aliphatic carboxylic acids is 1. The molecule has 6 heteroatoms. The number of carboxylic acids is 1. The van der Waals surface area contributed by atoms with Gasteiger partial charge in [-0.2, -0.15) is 0 Å². The van der Waals surface area contributed by atoms with Crippen LogP contribution in [0.3, 0.4) is 0 Å². The Morgan fingerprint density at radius 3 is 2.73 bits per heavy atom. The first-order chi connectivity index (χ1) is 7.07. The molecule has 1 aliphatic carbocycles. The van der Waals surface area contributed by atoms with Crippen molar-refractivity contribution in [1.82, 2.24) is 4.90 Å². The molecule has 0 bridgehead atoms. The summed E-state index contributed by atoms with van der Waals surface area (Å²) in [6.45, 7) is 0. The van der Waals surface area contributed by atoms with E-state index in [1.165, 1.54) is 4.90 Å². The summed E-state index contributed by atoms with van der Waals surface area (Å²) >= 11 is 1.60. The van der Waals surface area contributed by atoms with Crippen LogP contribution in [0.4, 0.5) is 0 Å². The lowest BCUT2D eigenvalue weighted by molar-refractivity contribution is -0.160. The Morgan fingerprint density at radius 2 is 2.27 bits per heavy atom. The number of carboxylic acid groups (broad SMARTS) is 1. The molecule has 2 unspecified atom stereocenters. The molecule has 1 amide bonds. The fourth-order valence-electron chi connectivity index (χ4n) is 2.73. The predicted octanol–water partition coefficient (Wildman–Crippen LogP) is -0.395. The highest BCUT2D eigenvalue weighted by Crippen LogP contribution is 2.59. The lowest BCUT2D eigenvalue weighted by Gasteiger charge is -2.43. The van der Waals surface area contributed by atoms with Crippen molar-refractivity contribution < 1.29 is 14.7 Å². The molecule has 0 aromatic rings. The van der Waals surface area contributed by atoms with Crippen molar-refractivity contribution in [2.45, 2.75) is 41.5 Å². The minimum absolute atomic E-state index is 0.0982. The highest BCUT2D eigenvalue weighted by atomic mass is 32.2. The summed E-state index contributed by atoms with van der Waals surface area (Å²) in [5.74, 6) is -1.09. The molecule has 3 fully saturated rings. The van der Waals surface area contributed by atoms with Crippen LogP contribution in [-0.4, -0.2) is 44.1 Å². The topological polar surface area (TPSA) is 83.6 Å². The van der Waals surface area contributed by atoms with Crippen LogP contribution in [0.25, 0.3) is 0 Å². The van der Waals surface area contributed by atoms with E-state index in [1.807, 2.05) is 0 Å². The van der Waals surface area contributed by atoms with Crippen molar-refractivity contribution in [3.63, 3.8) is 0 Å². The average molecular weight is 228 g/mol.